The molecule has 0 radical (unpaired) electrons. The van der Waals surface area contributed by atoms with Gasteiger partial charge in [-0.15, -0.1) is 11.3 Å². The van der Waals surface area contributed by atoms with Gasteiger partial charge >= 0.3 is 0 Å². The molecule has 1 N–H and O–H groups in total. The van der Waals surface area contributed by atoms with Crippen LogP contribution in [-0.4, -0.2) is 0 Å². The number of rotatable bonds is 3. The zero-order valence-corrected chi connectivity index (χ0v) is 12.5. The lowest BCUT2D eigenvalue weighted by atomic mass is 9.81. The number of thiophene rings is 1. The highest BCUT2D eigenvalue weighted by molar-refractivity contribution is 7.11. The second-order valence-electron chi connectivity index (χ2n) is 5.55. The fourth-order valence-corrected chi connectivity index (χ4v) is 3.86. The van der Waals surface area contributed by atoms with Gasteiger partial charge in [-0.25, -0.2) is 0 Å². The number of benzene rings is 1. The minimum absolute atomic E-state index is 0.523. The summed E-state index contributed by atoms with van der Waals surface area (Å²) in [6.07, 6.45) is 2.54. The second kappa shape index (κ2) is 5.48. The van der Waals surface area contributed by atoms with Crippen LogP contribution in [0.15, 0.2) is 36.4 Å². The van der Waals surface area contributed by atoms with E-state index in [4.69, 9.17) is 0 Å². The van der Waals surface area contributed by atoms with E-state index in [-0.39, 0.29) is 0 Å². The molecule has 0 saturated heterocycles. The van der Waals surface area contributed by atoms with Crippen molar-refractivity contribution in [2.24, 2.45) is 0 Å². The lowest BCUT2D eigenvalue weighted by Crippen LogP contribution is -2.25. The summed E-state index contributed by atoms with van der Waals surface area (Å²) in [7, 11) is 0. The van der Waals surface area contributed by atoms with E-state index < -0.39 is 0 Å². The van der Waals surface area contributed by atoms with E-state index >= 15 is 0 Å². The molecule has 3 rings (SSSR count). The topological polar surface area (TPSA) is 12.0 Å². The van der Waals surface area contributed by atoms with Gasteiger partial charge in [0.05, 0.1) is 0 Å². The molecule has 100 valence electrons. The summed E-state index contributed by atoms with van der Waals surface area (Å²) < 4.78 is 0. The standard InChI is InChI=1S/C17H21NS/c1-12-7-10-17(16-6-4-3-5-15(12)16)18-11-14-9-8-13(2)19-14/h3-6,8-9,12,17-18H,7,10-11H2,1-2H3. The summed E-state index contributed by atoms with van der Waals surface area (Å²) in [4.78, 5) is 2.84. The van der Waals surface area contributed by atoms with Gasteiger partial charge in [0.2, 0.25) is 0 Å². The van der Waals surface area contributed by atoms with Crippen molar-refractivity contribution in [2.45, 2.75) is 45.2 Å². The van der Waals surface area contributed by atoms with Crippen molar-refractivity contribution in [3.63, 3.8) is 0 Å². The fraction of sp³-hybridized carbons (Fsp3) is 0.412. The Balaban J connectivity index is 1.74. The Bertz CT molecular complexity index is 558. The zero-order valence-electron chi connectivity index (χ0n) is 11.6. The summed E-state index contributed by atoms with van der Waals surface area (Å²) in [5.41, 5.74) is 3.04. The van der Waals surface area contributed by atoms with Crippen LogP contribution >= 0.6 is 11.3 Å². The van der Waals surface area contributed by atoms with E-state index in [9.17, 15) is 0 Å². The summed E-state index contributed by atoms with van der Waals surface area (Å²) in [6.45, 7) is 5.51. The molecule has 1 aromatic carbocycles. The number of hydrogen-bond acceptors (Lipinski definition) is 2. The highest BCUT2D eigenvalue weighted by atomic mass is 32.1. The molecule has 0 aliphatic heterocycles. The first-order valence-corrected chi connectivity index (χ1v) is 7.93. The number of hydrogen-bond donors (Lipinski definition) is 1. The molecule has 2 atom stereocenters. The molecule has 1 aliphatic rings. The Labute approximate surface area is 119 Å². The Morgan fingerprint density at radius 2 is 1.89 bits per heavy atom. The third-order valence-corrected chi connectivity index (χ3v) is 5.11. The van der Waals surface area contributed by atoms with Crippen LogP contribution in [0.4, 0.5) is 0 Å². The zero-order chi connectivity index (χ0) is 13.2. The van der Waals surface area contributed by atoms with E-state index in [1.165, 1.54) is 33.7 Å². The van der Waals surface area contributed by atoms with Gasteiger partial charge < -0.3 is 5.32 Å². The van der Waals surface area contributed by atoms with Crippen molar-refractivity contribution in [3.05, 3.63) is 57.3 Å². The molecule has 0 saturated carbocycles. The van der Waals surface area contributed by atoms with Gasteiger partial charge in [-0.2, -0.15) is 0 Å². The van der Waals surface area contributed by atoms with E-state index in [0.717, 1.165) is 6.54 Å². The second-order valence-corrected chi connectivity index (χ2v) is 6.93. The molecule has 1 aliphatic carbocycles. The first-order valence-electron chi connectivity index (χ1n) is 7.11. The number of nitrogens with one attached hydrogen (secondary N) is 1. The van der Waals surface area contributed by atoms with Crippen LogP contribution in [-0.2, 0) is 6.54 Å². The Morgan fingerprint density at radius 1 is 1.11 bits per heavy atom. The maximum atomic E-state index is 3.74. The molecule has 1 aromatic heterocycles. The molecule has 1 nitrogen and oxygen atoms in total. The average Bonchev–Trinajstić information content (AvgIpc) is 2.84. The predicted molar refractivity (Wildman–Crippen MR) is 82.7 cm³/mol. The molecule has 0 spiro atoms. The molecular weight excluding hydrogens is 250 g/mol. The van der Waals surface area contributed by atoms with Crippen molar-refractivity contribution < 1.29 is 0 Å². The minimum atomic E-state index is 0.523. The van der Waals surface area contributed by atoms with Crippen LogP contribution in [0.2, 0.25) is 0 Å². The van der Waals surface area contributed by atoms with Gasteiger partial charge in [-0.1, -0.05) is 31.2 Å². The smallest absolute Gasteiger partial charge is 0.0326 e. The molecule has 0 amide bonds. The van der Waals surface area contributed by atoms with Gasteiger partial charge in [0.1, 0.15) is 0 Å². The molecule has 19 heavy (non-hydrogen) atoms. The maximum absolute atomic E-state index is 3.74. The van der Waals surface area contributed by atoms with Crippen LogP contribution in [0.5, 0.6) is 0 Å². The lowest BCUT2D eigenvalue weighted by molar-refractivity contribution is 0.432. The van der Waals surface area contributed by atoms with E-state index in [1.54, 1.807) is 0 Å². The van der Waals surface area contributed by atoms with Crippen molar-refractivity contribution in [3.8, 4) is 0 Å². The average molecular weight is 271 g/mol. The van der Waals surface area contributed by atoms with E-state index in [0.29, 0.717) is 12.0 Å². The van der Waals surface area contributed by atoms with Crippen LogP contribution in [0, 0.1) is 6.92 Å². The van der Waals surface area contributed by atoms with Gasteiger partial charge in [0, 0.05) is 22.3 Å². The first-order chi connectivity index (χ1) is 9.24. The predicted octanol–water partition coefficient (Wildman–Crippen LogP) is 4.78. The summed E-state index contributed by atoms with van der Waals surface area (Å²) >= 11 is 1.90. The third-order valence-electron chi connectivity index (χ3n) is 4.11. The third kappa shape index (κ3) is 2.75. The summed E-state index contributed by atoms with van der Waals surface area (Å²) in [6, 6.07) is 13.9. The van der Waals surface area contributed by atoms with Gasteiger partial charge in [0.15, 0.2) is 0 Å². The molecule has 0 bridgehead atoms. The fourth-order valence-electron chi connectivity index (χ4n) is 3.02. The minimum Gasteiger partial charge on any atom is -0.305 e. The molecular formula is C17H21NS. The van der Waals surface area contributed by atoms with Crippen molar-refractivity contribution in [1.82, 2.24) is 5.32 Å². The molecule has 1 heterocycles. The van der Waals surface area contributed by atoms with Crippen molar-refractivity contribution in [2.75, 3.05) is 0 Å². The molecule has 0 fully saturated rings. The molecule has 2 unspecified atom stereocenters. The number of fused-ring (bicyclic) bond motifs is 1. The van der Waals surface area contributed by atoms with Crippen LogP contribution in [0.1, 0.15) is 52.6 Å². The Kier molecular flexibility index (Phi) is 3.72. The van der Waals surface area contributed by atoms with E-state index in [2.05, 4.69) is 55.6 Å². The van der Waals surface area contributed by atoms with Crippen LogP contribution in [0.3, 0.4) is 0 Å². The maximum Gasteiger partial charge on any atom is 0.0326 e. The van der Waals surface area contributed by atoms with Gasteiger partial charge in [-0.3, -0.25) is 0 Å². The number of aryl methyl sites for hydroxylation is 1. The normalized spacial score (nSPS) is 22.2. The van der Waals surface area contributed by atoms with Crippen molar-refractivity contribution in [1.29, 1.82) is 0 Å². The van der Waals surface area contributed by atoms with E-state index in [1.807, 2.05) is 11.3 Å². The Morgan fingerprint density at radius 3 is 2.63 bits per heavy atom. The first kappa shape index (κ1) is 12.9. The largest absolute Gasteiger partial charge is 0.305 e. The van der Waals surface area contributed by atoms with Crippen molar-refractivity contribution >= 4 is 11.3 Å². The van der Waals surface area contributed by atoms with Crippen LogP contribution < -0.4 is 5.32 Å². The molecule has 2 aromatic rings. The van der Waals surface area contributed by atoms with Crippen LogP contribution in [0.25, 0.3) is 0 Å². The summed E-state index contributed by atoms with van der Waals surface area (Å²) in [5.74, 6) is 0.707. The monoisotopic (exact) mass is 271 g/mol. The highest BCUT2D eigenvalue weighted by Gasteiger charge is 2.23. The molecule has 2 heteroatoms. The summed E-state index contributed by atoms with van der Waals surface area (Å²) in [5, 5.41) is 3.74. The highest BCUT2D eigenvalue weighted by Crippen LogP contribution is 2.37. The quantitative estimate of drug-likeness (QED) is 0.846. The van der Waals surface area contributed by atoms with Gasteiger partial charge in [0.25, 0.3) is 0 Å². The Hall–Kier alpha value is -1.12. The van der Waals surface area contributed by atoms with Gasteiger partial charge in [-0.05, 0) is 48.9 Å². The lowest BCUT2D eigenvalue weighted by Gasteiger charge is -2.30. The SMILES string of the molecule is Cc1ccc(CNC2CCC(C)c3ccccc32)s1.